The molecule has 2 aliphatic heterocycles. The number of anilines is 2. The summed E-state index contributed by atoms with van der Waals surface area (Å²) in [5.41, 5.74) is 9.85. The molecule has 2 nitrogen and oxygen atoms in total. The fraction of sp³-hybridized carbons (Fsp3) is 0.312. The number of fused-ring (bicyclic) bond motifs is 2. The topological polar surface area (TPSA) is 6.48 Å². The predicted molar refractivity (Wildman–Crippen MR) is 160 cm³/mol. The Labute approximate surface area is 225 Å². The first-order valence-electron chi connectivity index (χ1n) is 13.2. The summed E-state index contributed by atoms with van der Waals surface area (Å²) >= 11 is 13.3. The van der Waals surface area contributed by atoms with Gasteiger partial charge in [-0.25, -0.2) is 0 Å². The lowest BCUT2D eigenvalue weighted by Crippen LogP contribution is -2.28. The van der Waals surface area contributed by atoms with Crippen molar-refractivity contribution in [1.29, 1.82) is 0 Å². The molecule has 0 fully saturated rings. The zero-order valence-electron chi connectivity index (χ0n) is 21.2. The zero-order valence-corrected chi connectivity index (χ0v) is 22.7. The predicted octanol–water partition coefficient (Wildman–Crippen LogP) is 8.88. The Morgan fingerprint density at radius 3 is 1.50 bits per heavy atom. The van der Waals surface area contributed by atoms with Gasteiger partial charge >= 0.3 is 0 Å². The van der Waals surface area contributed by atoms with Crippen molar-refractivity contribution in [2.75, 3.05) is 36.0 Å². The maximum Gasteiger partial charge on any atom is 0.0485 e. The third kappa shape index (κ3) is 5.36. The van der Waals surface area contributed by atoms with Crippen LogP contribution in [0, 0.1) is 0 Å². The summed E-state index contributed by atoms with van der Waals surface area (Å²) in [6.45, 7) is 8.86. The quantitative estimate of drug-likeness (QED) is 0.301. The lowest BCUT2D eigenvalue weighted by atomic mass is 9.98. The molecule has 0 radical (unpaired) electrons. The van der Waals surface area contributed by atoms with Crippen LogP contribution in [-0.2, 0) is 12.8 Å². The van der Waals surface area contributed by atoms with Gasteiger partial charge in [0.05, 0.1) is 0 Å². The molecule has 5 rings (SSSR count). The van der Waals surface area contributed by atoms with E-state index in [-0.39, 0.29) is 0 Å². The average Bonchev–Trinajstić information content (AvgIpc) is 2.91. The third-order valence-electron chi connectivity index (χ3n) is 7.43. The highest BCUT2D eigenvalue weighted by atomic mass is 35.5. The van der Waals surface area contributed by atoms with Crippen LogP contribution in [-0.4, -0.2) is 26.2 Å². The van der Waals surface area contributed by atoms with Gasteiger partial charge in [0.2, 0.25) is 0 Å². The van der Waals surface area contributed by atoms with Crippen molar-refractivity contribution in [3.8, 4) is 0 Å². The van der Waals surface area contributed by atoms with Gasteiger partial charge in [0.1, 0.15) is 0 Å². The van der Waals surface area contributed by atoms with Crippen LogP contribution in [0.2, 0.25) is 10.0 Å². The van der Waals surface area contributed by atoms with E-state index in [1.807, 2.05) is 12.1 Å². The van der Waals surface area contributed by atoms with E-state index < -0.39 is 0 Å². The largest absolute Gasteiger partial charge is 0.372 e. The summed E-state index contributed by atoms with van der Waals surface area (Å²) in [5, 5.41) is 1.41. The van der Waals surface area contributed by atoms with Crippen molar-refractivity contribution in [3.05, 3.63) is 92.0 Å². The normalized spacial score (nSPS) is 15.6. The van der Waals surface area contributed by atoms with Crippen molar-refractivity contribution in [1.82, 2.24) is 0 Å². The molecule has 0 spiro atoms. The van der Waals surface area contributed by atoms with Crippen molar-refractivity contribution >= 4 is 58.9 Å². The van der Waals surface area contributed by atoms with Crippen LogP contribution in [0.1, 0.15) is 60.1 Å². The Balaban J connectivity index is 1.33. The van der Waals surface area contributed by atoms with Gasteiger partial charge in [-0.1, -0.05) is 59.6 Å². The molecule has 0 amide bonds. The fourth-order valence-electron chi connectivity index (χ4n) is 5.46. The monoisotopic (exact) mass is 516 g/mol. The summed E-state index contributed by atoms with van der Waals surface area (Å²) in [6.07, 6.45) is 13.1. The van der Waals surface area contributed by atoms with Gasteiger partial charge in [-0.15, -0.1) is 0 Å². The molecule has 3 aromatic rings. The van der Waals surface area contributed by atoms with Crippen LogP contribution in [0.5, 0.6) is 0 Å². The second-order valence-corrected chi connectivity index (χ2v) is 10.5. The average molecular weight is 518 g/mol. The first kappa shape index (κ1) is 25.0. The zero-order chi connectivity index (χ0) is 25.1. The van der Waals surface area contributed by atoms with E-state index in [0.29, 0.717) is 10.0 Å². The van der Waals surface area contributed by atoms with Crippen LogP contribution >= 0.6 is 23.2 Å². The van der Waals surface area contributed by atoms with Gasteiger partial charge in [-0.05, 0) is 109 Å². The van der Waals surface area contributed by atoms with Crippen molar-refractivity contribution in [2.24, 2.45) is 0 Å². The minimum atomic E-state index is 0.703. The molecule has 3 aromatic carbocycles. The highest BCUT2D eigenvalue weighted by Crippen LogP contribution is 2.32. The fourth-order valence-corrected chi connectivity index (χ4v) is 5.93. The van der Waals surface area contributed by atoms with Crippen molar-refractivity contribution in [3.63, 3.8) is 0 Å². The van der Waals surface area contributed by atoms with Gasteiger partial charge in [0.25, 0.3) is 0 Å². The van der Waals surface area contributed by atoms with Gasteiger partial charge in [-0.3, -0.25) is 0 Å². The number of hydrogen-bond donors (Lipinski definition) is 0. The Kier molecular flexibility index (Phi) is 7.74. The van der Waals surface area contributed by atoms with E-state index in [1.165, 1.54) is 46.5 Å². The molecule has 36 heavy (non-hydrogen) atoms. The van der Waals surface area contributed by atoms with Crippen LogP contribution in [0.15, 0.2) is 48.5 Å². The van der Waals surface area contributed by atoms with Crippen molar-refractivity contribution < 1.29 is 0 Å². The second-order valence-electron chi connectivity index (χ2n) is 9.70. The molecule has 0 saturated heterocycles. The first-order valence-corrected chi connectivity index (χ1v) is 13.9. The maximum atomic E-state index is 6.67. The molecule has 2 heterocycles. The van der Waals surface area contributed by atoms with E-state index in [4.69, 9.17) is 23.2 Å². The molecule has 4 heteroatoms. The molecule has 0 unspecified atom stereocenters. The van der Waals surface area contributed by atoms with Gasteiger partial charge in [-0.2, -0.15) is 0 Å². The molecule has 0 atom stereocenters. The van der Waals surface area contributed by atoms with E-state index in [1.54, 1.807) is 0 Å². The van der Waals surface area contributed by atoms with Gasteiger partial charge in [0.15, 0.2) is 0 Å². The molecule has 0 bridgehead atoms. The van der Waals surface area contributed by atoms with E-state index in [9.17, 15) is 0 Å². The second kappa shape index (κ2) is 11.2. The number of benzene rings is 3. The molecule has 186 valence electrons. The van der Waals surface area contributed by atoms with Crippen LogP contribution in [0.4, 0.5) is 11.4 Å². The van der Waals surface area contributed by atoms with Crippen LogP contribution in [0.3, 0.4) is 0 Å². The molecular formula is C32H34Cl2N2. The lowest BCUT2D eigenvalue weighted by Gasteiger charge is -2.30. The van der Waals surface area contributed by atoms with E-state index >= 15 is 0 Å². The Bertz CT molecular complexity index is 1210. The molecule has 2 aliphatic rings. The Morgan fingerprint density at radius 1 is 0.639 bits per heavy atom. The molecule has 0 aliphatic carbocycles. The van der Waals surface area contributed by atoms with Crippen LogP contribution < -0.4 is 9.80 Å². The highest BCUT2D eigenvalue weighted by molar-refractivity contribution is 6.35. The summed E-state index contributed by atoms with van der Waals surface area (Å²) in [7, 11) is 0. The number of nitrogens with zero attached hydrogens (tertiary/aromatic N) is 2. The molecule has 0 saturated carbocycles. The summed E-state index contributed by atoms with van der Waals surface area (Å²) < 4.78 is 0. The van der Waals surface area contributed by atoms with Crippen LogP contribution in [0.25, 0.3) is 24.3 Å². The SMILES string of the molecule is CCN1CCCc2cc(/C=C/c3cc(Cl)c(/C=C/c4ccc5c(c4)CCCN5CC)cc3Cl)ccc21. The first-order chi connectivity index (χ1) is 17.6. The third-order valence-corrected chi connectivity index (χ3v) is 8.08. The van der Waals surface area contributed by atoms with Gasteiger partial charge < -0.3 is 9.80 Å². The number of hydrogen-bond acceptors (Lipinski definition) is 2. The minimum Gasteiger partial charge on any atom is -0.372 e. The van der Waals surface area contributed by atoms with Crippen molar-refractivity contribution in [2.45, 2.75) is 39.5 Å². The standard InChI is InChI=1S/C32H34Cl2N2/c1-3-35-17-5-7-27-19-23(11-15-31(27)35)9-13-25-21-30(34)26(22-29(25)33)14-10-24-12-16-32-28(20-24)8-6-18-36(32)4-2/h9-16,19-22H,3-8,17-18H2,1-2H3/b13-9+,14-10+. The molecule has 0 aromatic heterocycles. The van der Waals surface area contributed by atoms with Gasteiger partial charge in [0, 0.05) is 47.6 Å². The Morgan fingerprint density at radius 2 is 1.08 bits per heavy atom. The molecular weight excluding hydrogens is 483 g/mol. The smallest absolute Gasteiger partial charge is 0.0485 e. The Hall–Kier alpha value is -2.68. The number of halogens is 2. The summed E-state index contributed by atoms with van der Waals surface area (Å²) in [5.74, 6) is 0. The molecule has 0 N–H and O–H groups in total. The summed E-state index contributed by atoms with van der Waals surface area (Å²) in [4.78, 5) is 4.92. The van der Waals surface area contributed by atoms with E-state index in [0.717, 1.165) is 50.1 Å². The lowest BCUT2D eigenvalue weighted by molar-refractivity contribution is 0.707. The number of aryl methyl sites for hydroxylation is 2. The number of rotatable bonds is 6. The van der Waals surface area contributed by atoms with E-state index in [2.05, 4.69) is 84.3 Å². The maximum absolute atomic E-state index is 6.67. The highest BCUT2D eigenvalue weighted by Gasteiger charge is 2.16. The minimum absolute atomic E-state index is 0.703. The summed E-state index contributed by atoms with van der Waals surface area (Å²) in [6, 6.07) is 17.4.